The number of carbonyl (C=O) groups is 3. The molecule has 4 rings (SSSR count). The molecule has 1 saturated heterocycles. The van der Waals surface area contributed by atoms with Crippen LogP contribution < -0.4 is 16.0 Å². The Morgan fingerprint density at radius 1 is 1.28 bits per heavy atom. The Kier molecular flexibility index (Phi) is 7.38. The van der Waals surface area contributed by atoms with E-state index in [1.165, 1.54) is 9.80 Å². The molecule has 188 valence electrons. The first-order valence-electron chi connectivity index (χ1n) is 12.1. The number of para-hydroxylation sites is 1. The highest BCUT2D eigenvalue weighted by molar-refractivity contribution is 5.98. The van der Waals surface area contributed by atoms with E-state index in [-0.39, 0.29) is 42.8 Å². The minimum Gasteiger partial charge on any atom is -0.355 e. The van der Waals surface area contributed by atoms with E-state index in [1.807, 2.05) is 32.0 Å². The summed E-state index contributed by atoms with van der Waals surface area (Å²) in [6.07, 6.45) is 5.39. The lowest BCUT2D eigenvalue weighted by molar-refractivity contribution is -0.143. The van der Waals surface area contributed by atoms with Crippen LogP contribution in [0.5, 0.6) is 0 Å². The van der Waals surface area contributed by atoms with Crippen molar-refractivity contribution in [2.75, 3.05) is 18.9 Å². The molecule has 3 heterocycles. The van der Waals surface area contributed by atoms with Gasteiger partial charge < -0.3 is 25.8 Å². The molecule has 4 atom stereocenters. The second kappa shape index (κ2) is 10.6. The Labute approximate surface area is 210 Å². The second-order valence-corrected chi connectivity index (χ2v) is 9.68. The zero-order chi connectivity index (χ0) is 25.8. The number of fused-ring (bicyclic) bond motifs is 1. The second-order valence-electron chi connectivity index (χ2n) is 9.68. The summed E-state index contributed by atoms with van der Waals surface area (Å²) < 4.78 is 0. The average molecular weight is 490 g/mol. The molecule has 0 aliphatic carbocycles. The van der Waals surface area contributed by atoms with Crippen LogP contribution in [0.3, 0.4) is 0 Å². The van der Waals surface area contributed by atoms with Gasteiger partial charge in [0.25, 0.3) is 5.91 Å². The lowest BCUT2D eigenvalue weighted by atomic mass is 10.0. The van der Waals surface area contributed by atoms with Gasteiger partial charge in [-0.3, -0.25) is 14.4 Å². The molecule has 3 aliphatic rings. The molecule has 0 bridgehead atoms. The Balaban J connectivity index is 1.49. The number of anilines is 1. The fourth-order valence-electron chi connectivity index (χ4n) is 4.69. The first-order valence-corrected chi connectivity index (χ1v) is 12.1. The van der Waals surface area contributed by atoms with E-state index in [0.29, 0.717) is 17.8 Å². The molecule has 1 aromatic carbocycles. The number of benzene rings is 1. The van der Waals surface area contributed by atoms with Gasteiger partial charge in [0.15, 0.2) is 0 Å². The van der Waals surface area contributed by atoms with E-state index in [9.17, 15) is 19.6 Å². The molecule has 10 heteroatoms. The largest absolute Gasteiger partial charge is 0.355 e. The first kappa shape index (κ1) is 25.0. The minimum absolute atomic E-state index is 0.124. The van der Waals surface area contributed by atoms with Gasteiger partial charge in [-0.15, -0.1) is 0 Å². The van der Waals surface area contributed by atoms with Gasteiger partial charge in [0.05, 0.1) is 18.3 Å². The van der Waals surface area contributed by atoms with Gasteiger partial charge in [0, 0.05) is 31.1 Å². The van der Waals surface area contributed by atoms with Crippen LogP contribution in [0.1, 0.15) is 26.7 Å². The van der Waals surface area contributed by atoms with E-state index < -0.39 is 18.0 Å². The molecule has 0 radical (unpaired) electrons. The fourth-order valence-corrected chi connectivity index (χ4v) is 4.69. The number of aliphatic imine (C=N–C) groups is 1. The van der Waals surface area contributed by atoms with Crippen molar-refractivity contribution < 1.29 is 14.4 Å². The zero-order valence-electron chi connectivity index (χ0n) is 20.6. The van der Waals surface area contributed by atoms with Gasteiger partial charge in [0.1, 0.15) is 23.9 Å². The van der Waals surface area contributed by atoms with Gasteiger partial charge in [-0.1, -0.05) is 32.0 Å². The molecule has 4 unspecified atom stereocenters. The van der Waals surface area contributed by atoms with E-state index >= 15 is 0 Å². The van der Waals surface area contributed by atoms with Crippen molar-refractivity contribution in [1.29, 1.82) is 5.26 Å². The highest BCUT2D eigenvalue weighted by Crippen LogP contribution is 2.28. The molecule has 1 fully saturated rings. The molecule has 0 aromatic heterocycles. The summed E-state index contributed by atoms with van der Waals surface area (Å²) in [7, 11) is 1.60. The van der Waals surface area contributed by atoms with Crippen LogP contribution in [0, 0.1) is 23.2 Å². The number of likely N-dealkylation sites (tertiary alicyclic amines) is 1. The number of nitriles is 1. The number of carbonyl (C=O) groups excluding carboxylic acids is 3. The average Bonchev–Trinajstić information content (AvgIpc) is 3.51. The molecule has 36 heavy (non-hydrogen) atoms. The van der Waals surface area contributed by atoms with Crippen molar-refractivity contribution in [3.63, 3.8) is 0 Å². The van der Waals surface area contributed by atoms with Crippen LogP contribution in [0.15, 0.2) is 58.9 Å². The standard InChI is InChI=1S/C26H31N7O3/c1-16(2)9-22(32(3)25(35)21-11-17-13-28-15-29-23(17)31-21)26(36)33-14-18(10-20(33)12-27)24(34)30-19-7-5-4-6-8-19/h4-8,11,13,15-16,18,20,22-23,31H,9-10,14H2,1-3H3,(H,28,29)(H,30,34). The molecular weight excluding hydrogens is 458 g/mol. The van der Waals surface area contributed by atoms with Crippen molar-refractivity contribution in [2.24, 2.45) is 16.8 Å². The predicted octanol–water partition coefficient (Wildman–Crippen LogP) is 1.57. The first-order chi connectivity index (χ1) is 17.3. The third-order valence-electron chi connectivity index (χ3n) is 6.61. The molecule has 1 aromatic rings. The van der Waals surface area contributed by atoms with Crippen LogP contribution in [0.4, 0.5) is 5.69 Å². The van der Waals surface area contributed by atoms with Crippen molar-refractivity contribution in [1.82, 2.24) is 20.4 Å². The zero-order valence-corrected chi connectivity index (χ0v) is 20.6. The van der Waals surface area contributed by atoms with Crippen LogP contribution >= 0.6 is 0 Å². The molecule has 0 saturated carbocycles. The van der Waals surface area contributed by atoms with E-state index in [4.69, 9.17) is 0 Å². The Morgan fingerprint density at radius 3 is 2.69 bits per heavy atom. The van der Waals surface area contributed by atoms with Crippen LogP contribution in [0.25, 0.3) is 0 Å². The van der Waals surface area contributed by atoms with Gasteiger partial charge in [-0.2, -0.15) is 5.26 Å². The number of nitrogens with one attached hydrogen (secondary N) is 3. The Hall–Kier alpha value is -4.13. The van der Waals surface area contributed by atoms with Crippen LogP contribution in [-0.4, -0.2) is 65.7 Å². The Bertz CT molecular complexity index is 1150. The lowest BCUT2D eigenvalue weighted by Crippen LogP contribution is -2.52. The SMILES string of the molecule is CC(C)CC(C(=O)N1CC(C(=O)Nc2ccccc2)CC1C#N)N(C)C(=O)C1=CC2=CNC=NC2N1. The topological polar surface area (TPSA) is 130 Å². The normalized spacial score (nSPS) is 23.0. The summed E-state index contributed by atoms with van der Waals surface area (Å²) in [6, 6.07) is 9.75. The van der Waals surface area contributed by atoms with E-state index in [2.05, 4.69) is 27.0 Å². The number of likely N-dealkylation sites (N-methyl/N-ethyl adjacent to an activating group) is 1. The predicted molar refractivity (Wildman–Crippen MR) is 135 cm³/mol. The number of hydrogen-bond donors (Lipinski definition) is 3. The molecule has 0 spiro atoms. The third-order valence-corrected chi connectivity index (χ3v) is 6.61. The molecule has 3 aliphatic heterocycles. The van der Waals surface area contributed by atoms with Gasteiger partial charge in [-0.25, -0.2) is 4.99 Å². The van der Waals surface area contributed by atoms with E-state index in [1.54, 1.807) is 37.8 Å². The maximum atomic E-state index is 13.8. The van der Waals surface area contributed by atoms with Crippen molar-refractivity contribution in [2.45, 2.75) is 44.9 Å². The maximum absolute atomic E-state index is 13.8. The van der Waals surface area contributed by atoms with Crippen molar-refractivity contribution in [3.8, 4) is 6.07 Å². The van der Waals surface area contributed by atoms with Gasteiger partial charge in [0.2, 0.25) is 11.8 Å². The number of hydrogen-bond acceptors (Lipinski definition) is 7. The summed E-state index contributed by atoms with van der Waals surface area (Å²) >= 11 is 0. The van der Waals surface area contributed by atoms with E-state index in [0.717, 1.165) is 5.57 Å². The fraction of sp³-hybridized carbons (Fsp3) is 0.423. The number of rotatable bonds is 7. The molecular formula is C26H31N7O3. The summed E-state index contributed by atoms with van der Waals surface area (Å²) in [4.78, 5) is 47.1. The quantitative estimate of drug-likeness (QED) is 0.533. The molecule has 3 N–H and O–H groups in total. The number of amides is 3. The van der Waals surface area contributed by atoms with Gasteiger partial charge in [-0.05, 0) is 37.0 Å². The van der Waals surface area contributed by atoms with Gasteiger partial charge >= 0.3 is 0 Å². The summed E-state index contributed by atoms with van der Waals surface area (Å²) in [5.74, 6) is -1.27. The summed E-state index contributed by atoms with van der Waals surface area (Å²) in [5.41, 5.74) is 1.85. The third kappa shape index (κ3) is 5.25. The smallest absolute Gasteiger partial charge is 0.270 e. The monoisotopic (exact) mass is 489 g/mol. The maximum Gasteiger partial charge on any atom is 0.270 e. The van der Waals surface area contributed by atoms with Crippen molar-refractivity contribution in [3.05, 3.63) is 53.9 Å². The summed E-state index contributed by atoms with van der Waals surface area (Å²) in [5, 5.41) is 18.6. The van der Waals surface area contributed by atoms with Crippen LogP contribution in [0.2, 0.25) is 0 Å². The molecule has 3 amide bonds. The Morgan fingerprint density at radius 2 is 2.03 bits per heavy atom. The van der Waals surface area contributed by atoms with Crippen molar-refractivity contribution >= 4 is 29.7 Å². The highest BCUT2D eigenvalue weighted by atomic mass is 16.2. The van der Waals surface area contributed by atoms with Crippen LogP contribution in [-0.2, 0) is 14.4 Å². The lowest BCUT2D eigenvalue weighted by Gasteiger charge is -2.33. The summed E-state index contributed by atoms with van der Waals surface area (Å²) in [6.45, 7) is 4.09. The minimum atomic E-state index is -0.773. The molecule has 10 nitrogen and oxygen atoms in total. The number of nitrogens with zero attached hydrogens (tertiary/aromatic N) is 4. The highest BCUT2D eigenvalue weighted by Gasteiger charge is 2.43.